The predicted molar refractivity (Wildman–Crippen MR) is 84.7 cm³/mol. The van der Waals surface area contributed by atoms with E-state index in [1.807, 2.05) is 25.1 Å². The Hall–Kier alpha value is -1.79. The van der Waals surface area contributed by atoms with Gasteiger partial charge in [0.1, 0.15) is 12.4 Å². The molecule has 1 aromatic carbocycles. The predicted octanol–water partition coefficient (Wildman–Crippen LogP) is 2.57. The topological polar surface area (TPSA) is 95.9 Å². The van der Waals surface area contributed by atoms with Gasteiger partial charge in [0, 0.05) is 6.54 Å². The van der Waals surface area contributed by atoms with Crippen molar-refractivity contribution in [3.63, 3.8) is 0 Å². The van der Waals surface area contributed by atoms with Crippen molar-refractivity contribution < 1.29 is 24.5 Å². The molecule has 0 saturated carbocycles. The Morgan fingerprint density at radius 2 is 1.86 bits per heavy atom. The van der Waals surface area contributed by atoms with E-state index in [0.717, 1.165) is 18.8 Å². The van der Waals surface area contributed by atoms with Crippen molar-refractivity contribution in [1.29, 1.82) is 0 Å². The van der Waals surface area contributed by atoms with Crippen LogP contribution in [-0.4, -0.2) is 41.8 Å². The fourth-order valence-corrected chi connectivity index (χ4v) is 1.55. The molecule has 0 atom stereocenters. The number of hydrogen-bond donors (Lipinski definition) is 3. The molecule has 7 heteroatoms. The van der Waals surface area contributed by atoms with Crippen molar-refractivity contribution in [2.24, 2.45) is 0 Å². The summed E-state index contributed by atoms with van der Waals surface area (Å²) in [6.07, 6.45) is 2.43. The van der Waals surface area contributed by atoms with E-state index in [1.165, 1.54) is 18.4 Å². The SMILES string of the molecule is CCCCNCCOc1cc(C)ccc1Cl.O=C(O)C(=O)O. The van der Waals surface area contributed by atoms with Crippen LogP contribution in [0.4, 0.5) is 0 Å². The Morgan fingerprint density at radius 3 is 2.41 bits per heavy atom. The molecule has 0 fully saturated rings. The highest BCUT2D eigenvalue weighted by molar-refractivity contribution is 6.32. The third-order valence-electron chi connectivity index (χ3n) is 2.51. The summed E-state index contributed by atoms with van der Waals surface area (Å²) < 4.78 is 5.60. The van der Waals surface area contributed by atoms with Gasteiger partial charge in [0.2, 0.25) is 0 Å². The summed E-state index contributed by atoms with van der Waals surface area (Å²) in [5, 5.41) is 18.8. The highest BCUT2D eigenvalue weighted by atomic mass is 35.5. The van der Waals surface area contributed by atoms with Crippen molar-refractivity contribution in [3.05, 3.63) is 28.8 Å². The average molecular weight is 332 g/mol. The van der Waals surface area contributed by atoms with Gasteiger partial charge in [0.15, 0.2) is 0 Å². The number of benzene rings is 1. The van der Waals surface area contributed by atoms with Gasteiger partial charge in [-0.3, -0.25) is 0 Å². The maximum Gasteiger partial charge on any atom is 0.414 e. The highest BCUT2D eigenvalue weighted by Crippen LogP contribution is 2.24. The first kappa shape index (κ1) is 20.2. The summed E-state index contributed by atoms with van der Waals surface area (Å²) >= 11 is 6.01. The zero-order valence-corrected chi connectivity index (χ0v) is 13.5. The molecule has 0 saturated heterocycles. The molecule has 0 aliphatic rings. The average Bonchev–Trinajstić information content (AvgIpc) is 2.46. The molecule has 6 nitrogen and oxygen atoms in total. The van der Waals surface area contributed by atoms with Crippen molar-refractivity contribution >= 4 is 23.5 Å². The normalized spacial score (nSPS) is 9.59. The second kappa shape index (κ2) is 11.8. The Labute approximate surface area is 135 Å². The number of carboxylic acids is 2. The number of nitrogens with one attached hydrogen (secondary N) is 1. The van der Waals surface area contributed by atoms with Crippen LogP contribution in [0, 0.1) is 6.92 Å². The van der Waals surface area contributed by atoms with Gasteiger partial charge in [0.05, 0.1) is 5.02 Å². The summed E-state index contributed by atoms with van der Waals surface area (Å²) in [7, 11) is 0. The molecule has 1 rings (SSSR count). The minimum atomic E-state index is -1.82. The van der Waals surface area contributed by atoms with Gasteiger partial charge in [-0.05, 0) is 37.6 Å². The minimum Gasteiger partial charge on any atom is -0.491 e. The second-order valence-corrected chi connectivity index (χ2v) is 4.90. The van der Waals surface area contributed by atoms with E-state index in [2.05, 4.69) is 12.2 Å². The maximum absolute atomic E-state index is 9.10. The molecule has 0 radical (unpaired) electrons. The maximum atomic E-state index is 9.10. The lowest BCUT2D eigenvalue weighted by atomic mass is 10.2. The molecule has 0 spiro atoms. The molecule has 0 unspecified atom stereocenters. The van der Waals surface area contributed by atoms with Gasteiger partial charge >= 0.3 is 11.9 Å². The smallest absolute Gasteiger partial charge is 0.414 e. The number of hydrogen-bond acceptors (Lipinski definition) is 4. The van der Waals surface area contributed by atoms with E-state index < -0.39 is 11.9 Å². The van der Waals surface area contributed by atoms with Crippen LogP contribution in [0.1, 0.15) is 25.3 Å². The number of carbonyl (C=O) groups is 2. The number of aliphatic carboxylic acids is 2. The third kappa shape index (κ3) is 10.0. The summed E-state index contributed by atoms with van der Waals surface area (Å²) in [6, 6.07) is 5.82. The van der Waals surface area contributed by atoms with Crippen LogP contribution in [0.25, 0.3) is 0 Å². The molecule has 0 bridgehead atoms. The number of aryl methyl sites for hydroxylation is 1. The number of carboxylic acid groups (broad SMARTS) is 2. The van der Waals surface area contributed by atoms with Crippen LogP contribution < -0.4 is 10.1 Å². The van der Waals surface area contributed by atoms with E-state index in [-0.39, 0.29) is 0 Å². The van der Waals surface area contributed by atoms with Crippen molar-refractivity contribution in [1.82, 2.24) is 5.32 Å². The summed E-state index contributed by atoms with van der Waals surface area (Å²) in [5.74, 6) is -2.87. The van der Waals surface area contributed by atoms with Gasteiger partial charge in [0.25, 0.3) is 0 Å². The Bertz CT molecular complexity index is 467. The molecular weight excluding hydrogens is 310 g/mol. The van der Waals surface area contributed by atoms with E-state index in [0.29, 0.717) is 11.6 Å². The van der Waals surface area contributed by atoms with Crippen LogP contribution in [0.2, 0.25) is 5.02 Å². The second-order valence-electron chi connectivity index (χ2n) is 4.50. The molecule has 1 aromatic rings. The van der Waals surface area contributed by atoms with Crippen molar-refractivity contribution in [3.8, 4) is 5.75 Å². The molecular formula is C15H22ClNO5. The summed E-state index contributed by atoms with van der Waals surface area (Å²) in [6.45, 7) is 6.80. The third-order valence-corrected chi connectivity index (χ3v) is 2.83. The highest BCUT2D eigenvalue weighted by Gasteiger charge is 2.04. The fraction of sp³-hybridized carbons (Fsp3) is 0.467. The summed E-state index contributed by atoms with van der Waals surface area (Å²) in [5.41, 5.74) is 1.17. The lowest BCUT2D eigenvalue weighted by molar-refractivity contribution is -0.159. The number of halogens is 1. The van der Waals surface area contributed by atoms with Crippen LogP contribution in [-0.2, 0) is 9.59 Å². The van der Waals surface area contributed by atoms with Crippen LogP contribution in [0.5, 0.6) is 5.75 Å². The molecule has 0 aromatic heterocycles. The largest absolute Gasteiger partial charge is 0.491 e. The Morgan fingerprint density at radius 1 is 1.23 bits per heavy atom. The zero-order chi connectivity index (χ0) is 17.0. The first-order chi connectivity index (χ1) is 10.4. The number of rotatable bonds is 7. The fourth-order valence-electron chi connectivity index (χ4n) is 1.38. The molecule has 0 amide bonds. The van der Waals surface area contributed by atoms with Gasteiger partial charge in [-0.1, -0.05) is 31.0 Å². The lowest BCUT2D eigenvalue weighted by Crippen LogP contribution is -2.22. The molecule has 0 aliphatic heterocycles. The van der Waals surface area contributed by atoms with Gasteiger partial charge in [-0.15, -0.1) is 0 Å². The van der Waals surface area contributed by atoms with Gasteiger partial charge in [-0.25, -0.2) is 9.59 Å². The first-order valence-corrected chi connectivity index (χ1v) is 7.32. The van der Waals surface area contributed by atoms with E-state index in [4.69, 9.17) is 36.1 Å². The quantitative estimate of drug-likeness (QED) is 0.525. The Balaban J connectivity index is 0.000000626. The Kier molecular flexibility index (Phi) is 10.9. The van der Waals surface area contributed by atoms with Crippen LogP contribution in [0.3, 0.4) is 0 Å². The summed E-state index contributed by atoms with van der Waals surface area (Å²) in [4.78, 5) is 18.2. The van der Waals surface area contributed by atoms with Crippen LogP contribution >= 0.6 is 11.6 Å². The minimum absolute atomic E-state index is 0.660. The zero-order valence-electron chi connectivity index (χ0n) is 12.8. The number of ether oxygens (including phenoxy) is 1. The first-order valence-electron chi connectivity index (χ1n) is 6.94. The van der Waals surface area contributed by atoms with E-state index in [9.17, 15) is 0 Å². The number of unbranched alkanes of at least 4 members (excludes halogenated alkanes) is 1. The lowest BCUT2D eigenvalue weighted by Gasteiger charge is -2.09. The van der Waals surface area contributed by atoms with Crippen molar-refractivity contribution in [2.45, 2.75) is 26.7 Å². The molecule has 22 heavy (non-hydrogen) atoms. The molecule has 3 N–H and O–H groups in total. The van der Waals surface area contributed by atoms with E-state index >= 15 is 0 Å². The standard InChI is InChI=1S/C13H20ClNO.C2H2O4/c1-3-4-7-15-8-9-16-13-10-11(2)5-6-12(13)14;3-1(4)2(5)6/h5-6,10,15H,3-4,7-9H2,1-2H3;(H,3,4)(H,5,6). The van der Waals surface area contributed by atoms with Crippen molar-refractivity contribution in [2.75, 3.05) is 19.7 Å². The van der Waals surface area contributed by atoms with Gasteiger partial charge in [-0.2, -0.15) is 0 Å². The van der Waals surface area contributed by atoms with Gasteiger partial charge < -0.3 is 20.3 Å². The van der Waals surface area contributed by atoms with Crippen LogP contribution in [0.15, 0.2) is 18.2 Å². The molecule has 0 aliphatic carbocycles. The molecule has 124 valence electrons. The monoisotopic (exact) mass is 331 g/mol. The van der Waals surface area contributed by atoms with E-state index in [1.54, 1.807) is 0 Å². The molecule has 0 heterocycles.